The van der Waals surface area contributed by atoms with Crippen LogP contribution in [0.25, 0.3) is 0 Å². The highest BCUT2D eigenvalue weighted by Crippen LogP contribution is 2.48. The van der Waals surface area contributed by atoms with Gasteiger partial charge in [0.05, 0.1) is 5.56 Å². The number of carbonyl (C=O) groups is 1. The number of benzene rings is 1. The van der Waals surface area contributed by atoms with Crippen LogP contribution in [0.1, 0.15) is 43.0 Å². The molecule has 1 aromatic carbocycles. The number of carbonyl (C=O) groups excluding carboxylic acids is 1. The van der Waals surface area contributed by atoms with Crippen molar-refractivity contribution in [2.75, 3.05) is 6.54 Å². The standard InChI is InChI=1S/C14H17FINO/c1-2-5-14(6-7-14)9-17-13(18)11-4-3-10(15)8-12(11)16/h3-4,8H,2,5-7,9H2,1H3,(H,17,18). The molecule has 1 aromatic rings. The number of amides is 1. The van der Waals surface area contributed by atoms with E-state index in [1.54, 1.807) is 6.07 Å². The van der Waals surface area contributed by atoms with E-state index in [4.69, 9.17) is 0 Å². The van der Waals surface area contributed by atoms with Crippen LogP contribution in [0.2, 0.25) is 0 Å². The average molecular weight is 361 g/mol. The van der Waals surface area contributed by atoms with Crippen molar-refractivity contribution >= 4 is 28.5 Å². The quantitative estimate of drug-likeness (QED) is 0.796. The first kappa shape index (κ1) is 13.8. The van der Waals surface area contributed by atoms with E-state index in [2.05, 4.69) is 12.2 Å². The van der Waals surface area contributed by atoms with Gasteiger partial charge in [-0.1, -0.05) is 13.3 Å². The zero-order valence-electron chi connectivity index (χ0n) is 10.4. The van der Waals surface area contributed by atoms with Gasteiger partial charge in [-0.05, 0) is 65.5 Å². The van der Waals surface area contributed by atoms with Gasteiger partial charge in [-0.3, -0.25) is 4.79 Å². The maximum Gasteiger partial charge on any atom is 0.252 e. The summed E-state index contributed by atoms with van der Waals surface area (Å²) in [5.41, 5.74) is 0.903. The van der Waals surface area contributed by atoms with Crippen LogP contribution in [-0.4, -0.2) is 12.5 Å². The van der Waals surface area contributed by atoms with Crippen molar-refractivity contribution in [2.24, 2.45) is 5.41 Å². The molecule has 1 saturated carbocycles. The van der Waals surface area contributed by atoms with Crippen molar-refractivity contribution in [2.45, 2.75) is 32.6 Å². The number of hydrogen-bond acceptors (Lipinski definition) is 1. The van der Waals surface area contributed by atoms with Crippen molar-refractivity contribution < 1.29 is 9.18 Å². The lowest BCUT2D eigenvalue weighted by Gasteiger charge is -2.15. The second-order valence-electron chi connectivity index (χ2n) is 5.06. The van der Waals surface area contributed by atoms with E-state index in [-0.39, 0.29) is 11.7 Å². The van der Waals surface area contributed by atoms with E-state index in [0.29, 0.717) is 14.5 Å². The Bertz CT molecular complexity index is 457. The molecule has 2 rings (SSSR count). The van der Waals surface area contributed by atoms with Crippen molar-refractivity contribution in [3.63, 3.8) is 0 Å². The second kappa shape index (κ2) is 5.55. The van der Waals surface area contributed by atoms with Crippen LogP contribution in [0, 0.1) is 14.8 Å². The molecule has 0 heterocycles. The Balaban J connectivity index is 1.96. The Labute approximate surface area is 120 Å². The lowest BCUT2D eigenvalue weighted by molar-refractivity contribution is 0.0943. The zero-order chi connectivity index (χ0) is 13.2. The maximum atomic E-state index is 13.0. The molecule has 1 aliphatic carbocycles. The van der Waals surface area contributed by atoms with Gasteiger partial charge >= 0.3 is 0 Å². The van der Waals surface area contributed by atoms with Gasteiger partial charge in [0.25, 0.3) is 5.91 Å². The zero-order valence-corrected chi connectivity index (χ0v) is 12.6. The number of hydrogen-bond donors (Lipinski definition) is 1. The molecule has 1 N–H and O–H groups in total. The summed E-state index contributed by atoms with van der Waals surface area (Å²) >= 11 is 1.99. The van der Waals surface area contributed by atoms with Crippen molar-refractivity contribution in [3.8, 4) is 0 Å². The third-order valence-electron chi connectivity index (χ3n) is 3.54. The number of nitrogens with one attached hydrogen (secondary N) is 1. The fraction of sp³-hybridized carbons (Fsp3) is 0.500. The first-order valence-corrected chi connectivity index (χ1v) is 7.37. The lowest BCUT2D eigenvalue weighted by atomic mass is 10.0. The maximum absolute atomic E-state index is 13.0. The van der Waals surface area contributed by atoms with Gasteiger partial charge < -0.3 is 5.32 Å². The Morgan fingerprint density at radius 2 is 2.22 bits per heavy atom. The largest absolute Gasteiger partial charge is 0.351 e. The molecule has 1 amide bonds. The smallest absolute Gasteiger partial charge is 0.252 e. The van der Waals surface area contributed by atoms with Crippen LogP contribution >= 0.6 is 22.6 Å². The number of halogens is 2. The Kier molecular flexibility index (Phi) is 4.25. The fourth-order valence-corrected chi connectivity index (χ4v) is 2.98. The molecule has 18 heavy (non-hydrogen) atoms. The van der Waals surface area contributed by atoms with E-state index >= 15 is 0 Å². The highest BCUT2D eigenvalue weighted by atomic mass is 127. The predicted octanol–water partition coefficient (Wildman–Crippen LogP) is 3.74. The molecule has 0 spiro atoms. The minimum absolute atomic E-state index is 0.0956. The first-order chi connectivity index (χ1) is 8.56. The fourth-order valence-electron chi connectivity index (χ4n) is 2.26. The monoisotopic (exact) mass is 361 g/mol. The summed E-state index contributed by atoms with van der Waals surface area (Å²) in [5, 5.41) is 2.98. The van der Waals surface area contributed by atoms with Gasteiger partial charge in [0, 0.05) is 10.1 Å². The third kappa shape index (κ3) is 3.22. The molecule has 1 aliphatic rings. The molecule has 0 aromatic heterocycles. The molecule has 0 bridgehead atoms. The molecule has 0 radical (unpaired) electrons. The minimum atomic E-state index is -0.305. The summed E-state index contributed by atoms with van der Waals surface area (Å²) in [7, 11) is 0. The third-order valence-corrected chi connectivity index (χ3v) is 4.43. The molecule has 0 saturated heterocycles. The van der Waals surface area contributed by atoms with E-state index < -0.39 is 0 Å². The lowest BCUT2D eigenvalue weighted by Crippen LogP contribution is -2.30. The van der Waals surface area contributed by atoms with Crippen molar-refractivity contribution in [1.29, 1.82) is 0 Å². The minimum Gasteiger partial charge on any atom is -0.351 e. The summed E-state index contributed by atoms with van der Waals surface area (Å²) in [6.45, 7) is 2.91. The average Bonchev–Trinajstić information content (AvgIpc) is 3.07. The summed E-state index contributed by atoms with van der Waals surface area (Å²) in [6.07, 6.45) is 4.75. The molecule has 0 unspecified atom stereocenters. The van der Waals surface area contributed by atoms with E-state index in [1.165, 1.54) is 31.4 Å². The number of rotatable bonds is 5. The van der Waals surface area contributed by atoms with Gasteiger partial charge in [-0.25, -0.2) is 4.39 Å². The molecule has 0 atom stereocenters. The van der Waals surface area contributed by atoms with Crippen LogP contribution in [0.5, 0.6) is 0 Å². The molecule has 98 valence electrons. The summed E-state index contributed by atoms with van der Waals surface area (Å²) in [4.78, 5) is 12.0. The highest BCUT2D eigenvalue weighted by Gasteiger charge is 2.41. The molecule has 4 heteroatoms. The SMILES string of the molecule is CCCC1(CNC(=O)c2ccc(F)cc2I)CC1. The molecule has 2 nitrogen and oxygen atoms in total. The normalized spacial score (nSPS) is 16.4. The van der Waals surface area contributed by atoms with E-state index in [0.717, 1.165) is 13.0 Å². The van der Waals surface area contributed by atoms with Crippen molar-refractivity contribution in [3.05, 3.63) is 33.1 Å². The van der Waals surface area contributed by atoms with E-state index in [9.17, 15) is 9.18 Å². The van der Waals surface area contributed by atoms with Gasteiger partial charge in [0.15, 0.2) is 0 Å². The van der Waals surface area contributed by atoms with Gasteiger partial charge in [0.1, 0.15) is 5.82 Å². The second-order valence-corrected chi connectivity index (χ2v) is 6.22. The van der Waals surface area contributed by atoms with Crippen LogP contribution < -0.4 is 5.32 Å². The van der Waals surface area contributed by atoms with Crippen LogP contribution in [0.3, 0.4) is 0 Å². The molecule has 1 fully saturated rings. The van der Waals surface area contributed by atoms with Crippen LogP contribution in [-0.2, 0) is 0 Å². The summed E-state index contributed by atoms with van der Waals surface area (Å²) in [5.74, 6) is -0.401. The van der Waals surface area contributed by atoms with E-state index in [1.807, 2.05) is 22.6 Å². The first-order valence-electron chi connectivity index (χ1n) is 6.29. The summed E-state index contributed by atoms with van der Waals surface area (Å²) in [6, 6.07) is 4.26. The highest BCUT2D eigenvalue weighted by molar-refractivity contribution is 14.1. The van der Waals surface area contributed by atoms with Gasteiger partial charge in [-0.2, -0.15) is 0 Å². The Morgan fingerprint density at radius 1 is 1.50 bits per heavy atom. The van der Waals surface area contributed by atoms with Gasteiger partial charge in [0.2, 0.25) is 0 Å². The molecular weight excluding hydrogens is 344 g/mol. The summed E-state index contributed by atoms with van der Waals surface area (Å²) < 4.78 is 13.6. The Hall–Kier alpha value is -0.650. The van der Waals surface area contributed by atoms with Crippen LogP contribution in [0.4, 0.5) is 4.39 Å². The molecule has 0 aliphatic heterocycles. The topological polar surface area (TPSA) is 29.1 Å². The predicted molar refractivity (Wildman–Crippen MR) is 78.0 cm³/mol. The van der Waals surface area contributed by atoms with Crippen molar-refractivity contribution in [1.82, 2.24) is 5.32 Å². The Morgan fingerprint density at radius 3 is 2.78 bits per heavy atom. The van der Waals surface area contributed by atoms with Crippen LogP contribution in [0.15, 0.2) is 18.2 Å². The molecular formula is C14H17FINO. The van der Waals surface area contributed by atoms with Gasteiger partial charge in [-0.15, -0.1) is 0 Å².